The van der Waals surface area contributed by atoms with Crippen LogP contribution in [0.2, 0.25) is 0 Å². The van der Waals surface area contributed by atoms with E-state index in [0.29, 0.717) is 18.4 Å². The molecular formula is C15H26N4O. The minimum absolute atomic E-state index is 0.240. The Balaban J connectivity index is 1.95. The third-order valence-electron chi connectivity index (χ3n) is 4.14. The minimum Gasteiger partial charge on any atom is -0.478 e. The van der Waals surface area contributed by atoms with Crippen LogP contribution in [-0.4, -0.2) is 47.7 Å². The van der Waals surface area contributed by atoms with Gasteiger partial charge in [-0.2, -0.15) is 4.98 Å². The van der Waals surface area contributed by atoms with Crippen molar-refractivity contribution < 1.29 is 4.74 Å². The quantitative estimate of drug-likeness (QED) is 0.830. The molecule has 1 N–H and O–H groups in total. The van der Waals surface area contributed by atoms with Crippen LogP contribution in [0.15, 0.2) is 12.3 Å². The Morgan fingerprint density at radius 1 is 1.35 bits per heavy atom. The van der Waals surface area contributed by atoms with Crippen LogP contribution >= 0.6 is 0 Å². The van der Waals surface area contributed by atoms with Crippen LogP contribution in [0, 0.1) is 0 Å². The lowest BCUT2D eigenvalue weighted by Crippen LogP contribution is -2.47. The van der Waals surface area contributed by atoms with Gasteiger partial charge in [0, 0.05) is 24.3 Å². The molecule has 0 bridgehead atoms. The van der Waals surface area contributed by atoms with Crippen LogP contribution in [0.1, 0.15) is 39.0 Å². The van der Waals surface area contributed by atoms with Gasteiger partial charge in [-0.25, -0.2) is 4.98 Å². The number of anilines is 1. The fraction of sp³-hybridized carbons (Fsp3) is 0.733. The van der Waals surface area contributed by atoms with Crippen molar-refractivity contribution in [1.82, 2.24) is 14.9 Å². The van der Waals surface area contributed by atoms with Gasteiger partial charge >= 0.3 is 0 Å². The molecule has 2 rings (SSSR count). The molecule has 1 heterocycles. The Bertz CT molecular complexity index is 416. The fourth-order valence-electron chi connectivity index (χ4n) is 2.77. The molecule has 0 aliphatic heterocycles. The van der Waals surface area contributed by atoms with Crippen molar-refractivity contribution in [2.45, 2.75) is 44.6 Å². The number of nitrogens with zero attached hydrogens (tertiary/aromatic N) is 3. The molecule has 0 aromatic carbocycles. The van der Waals surface area contributed by atoms with Crippen molar-refractivity contribution in [3.63, 3.8) is 0 Å². The molecule has 0 amide bonds. The van der Waals surface area contributed by atoms with E-state index in [4.69, 9.17) is 4.74 Å². The molecule has 1 fully saturated rings. The Labute approximate surface area is 121 Å². The molecule has 20 heavy (non-hydrogen) atoms. The summed E-state index contributed by atoms with van der Waals surface area (Å²) in [6.07, 6.45) is 7.81. The van der Waals surface area contributed by atoms with Gasteiger partial charge in [-0.1, -0.05) is 19.8 Å². The van der Waals surface area contributed by atoms with E-state index >= 15 is 0 Å². The van der Waals surface area contributed by atoms with Gasteiger partial charge in [0.1, 0.15) is 0 Å². The SMILES string of the molecule is CCCOc1ccnc(NCC2(N(C)C)CCCC2)n1. The Morgan fingerprint density at radius 3 is 2.75 bits per heavy atom. The molecule has 1 aromatic heterocycles. The lowest BCUT2D eigenvalue weighted by Gasteiger charge is -2.36. The zero-order valence-corrected chi connectivity index (χ0v) is 12.9. The molecule has 1 aliphatic rings. The second-order valence-corrected chi connectivity index (χ2v) is 5.75. The first kappa shape index (κ1) is 15.0. The van der Waals surface area contributed by atoms with Gasteiger partial charge in [-0.15, -0.1) is 0 Å². The Morgan fingerprint density at radius 2 is 2.10 bits per heavy atom. The van der Waals surface area contributed by atoms with Gasteiger partial charge < -0.3 is 15.0 Å². The largest absolute Gasteiger partial charge is 0.478 e. The summed E-state index contributed by atoms with van der Waals surface area (Å²) in [5, 5.41) is 3.38. The first-order valence-electron chi connectivity index (χ1n) is 7.53. The summed E-state index contributed by atoms with van der Waals surface area (Å²) in [6, 6.07) is 1.80. The number of likely N-dealkylation sites (N-methyl/N-ethyl adjacent to an activating group) is 1. The van der Waals surface area contributed by atoms with Crippen LogP contribution in [0.4, 0.5) is 5.95 Å². The van der Waals surface area contributed by atoms with Crippen LogP contribution < -0.4 is 10.1 Å². The van der Waals surface area contributed by atoms with E-state index in [1.165, 1.54) is 25.7 Å². The summed E-state index contributed by atoms with van der Waals surface area (Å²) >= 11 is 0. The number of hydrogen-bond acceptors (Lipinski definition) is 5. The van der Waals surface area contributed by atoms with Crippen molar-refractivity contribution in [2.75, 3.05) is 32.6 Å². The lowest BCUT2D eigenvalue weighted by molar-refractivity contribution is 0.172. The van der Waals surface area contributed by atoms with Gasteiger partial charge in [0.25, 0.3) is 0 Å². The molecule has 5 heteroatoms. The normalized spacial score (nSPS) is 17.4. The first-order valence-corrected chi connectivity index (χ1v) is 7.53. The molecular weight excluding hydrogens is 252 g/mol. The van der Waals surface area contributed by atoms with E-state index in [2.05, 4.69) is 41.2 Å². The number of ether oxygens (including phenoxy) is 1. The predicted octanol–water partition coefficient (Wildman–Crippen LogP) is 2.55. The van der Waals surface area contributed by atoms with Crippen molar-refractivity contribution in [3.8, 4) is 5.88 Å². The van der Waals surface area contributed by atoms with Crippen LogP contribution in [0.5, 0.6) is 5.88 Å². The smallest absolute Gasteiger partial charge is 0.226 e. The van der Waals surface area contributed by atoms with E-state index < -0.39 is 0 Å². The topological polar surface area (TPSA) is 50.3 Å². The summed E-state index contributed by atoms with van der Waals surface area (Å²) < 4.78 is 5.54. The van der Waals surface area contributed by atoms with Gasteiger partial charge in [-0.3, -0.25) is 0 Å². The molecule has 1 saturated carbocycles. The first-order chi connectivity index (χ1) is 9.66. The van der Waals surface area contributed by atoms with Crippen LogP contribution in [0.25, 0.3) is 0 Å². The Hall–Kier alpha value is -1.36. The number of hydrogen-bond donors (Lipinski definition) is 1. The van der Waals surface area contributed by atoms with Gasteiger partial charge in [-0.05, 0) is 33.4 Å². The van der Waals surface area contributed by atoms with E-state index in [9.17, 15) is 0 Å². The maximum Gasteiger partial charge on any atom is 0.226 e. The van der Waals surface area contributed by atoms with Crippen molar-refractivity contribution in [3.05, 3.63) is 12.3 Å². The summed E-state index contributed by atoms with van der Waals surface area (Å²) in [7, 11) is 4.32. The summed E-state index contributed by atoms with van der Waals surface area (Å²) in [5.41, 5.74) is 0.240. The lowest BCUT2D eigenvalue weighted by atomic mass is 9.96. The predicted molar refractivity (Wildman–Crippen MR) is 81.2 cm³/mol. The monoisotopic (exact) mass is 278 g/mol. The molecule has 5 nitrogen and oxygen atoms in total. The van der Waals surface area contributed by atoms with E-state index in [-0.39, 0.29) is 5.54 Å². The highest BCUT2D eigenvalue weighted by Gasteiger charge is 2.35. The zero-order chi connectivity index (χ0) is 14.4. The molecule has 0 atom stereocenters. The molecule has 1 aromatic rings. The highest BCUT2D eigenvalue weighted by atomic mass is 16.5. The average Bonchev–Trinajstić information content (AvgIpc) is 2.94. The second kappa shape index (κ2) is 6.88. The summed E-state index contributed by atoms with van der Waals surface area (Å²) in [5.74, 6) is 1.31. The standard InChI is InChI=1S/C15H26N4O/c1-4-11-20-13-7-10-16-14(18-13)17-12-15(19(2)3)8-5-6-9-15/h7,10H,4-6,8-9,11-12H2,1-3H3,(H,16,17,18). The molecule has 0 unspecified atom stereocenters. The number of aromatic nitrogens is 2. The van der Waals surface area contributed by atoms with Crippen molar-refractivity contribution in [2.24, 2.45) is 0 Å². The maximum atomic E-state index is 5.54. The van der Waals surface area contributed by atoms with Gasteiger partial charge in [0.2, 0.25) is 11.8 Å². The fourth-order valence-corrected chi connectivity index (χ4v) is 2.77. The minimum atomic E-state index is 0.240. The van der Waals surface area contributed by atoms with E-state index in [0.717, 1.165) is 13.0 Å². The summed E-state index contributed by atoms with van der Waals surface area (Å²) in [6.45, 7) is 3.66. The van der Waals surface area contributed by atoms with Crippen LogP contribution in [0.3, 0.4) is 0 Å². The van der Waals surface area contributed by atoms with Crippen LogP contribution in [-0.2, 0) is 0 Å². The number of nitrogens with one attached hydrogen (secondary N) is 1. The third-order valence-corrected chi connectivity index (χ3v) is 4.14. The number of rotatable bonds is 7. The van der Waals surface area contributed by atoms with E-state index in [1.807, 2.05) is 0 Å². The van der Waals surface area contributed by atoms with Gasteiger partial charge in [0.05, 0.1) is 6.61 Å². The van der Waals surface area contributed by atoms with Crippen molar-refractivity contribution >= 4 is 5.95 Å². The molecule has 1 aliphatic carbocycles. The second-order valence-electron chi connectivity index (χ2n) is 5.75. The maximum absolute atomic E-state index is 5.54. The van der Waals surface area contributed by atoms with Gasteiger partial charge in [0.15, 0.2) is 0 Å². The Kier molecular flexibility index (Phi) is 5.17. The molecule has 112 valence electrons. The highest BCUT2D eigenvalue weighted by molar-refractivity contribution is 5.28. The average molecular weight is 278 g/mol. The highest BCUT2D eigenvalue weighted by Crippen LogP contribution is 2.33. The molecule has 0 spiro atoms. The summed E-state index contributed by atoms with van der Waals surface area (Å²) in [4.78, 5) is 11.0. The van der Waals surface area contributed by atoms with E-state index in [1.54, 1.807) is 12.3 Å². The zero-order valence-electron chi connectivity index (χ0n) is 12.9. The molecule has 0 saturated heterocycles. The molecule has 0 radical (unpaired) electrons. The third kappa shape index (κ3) is 3.60. The van der Waals surface area contributed by atoms with Crippen molar-refractivity contribution in [1.29, 1.82) is 0 Å².